The second-order valence-corrected chi connectivity index (χ2v) is 4.95. The molecule has 0 aromatic heterocycles. The summed E-state index contributed by atoms with van der Waals surface area (Å²) in [4.78, 5) is 2.25. The minimum Gasteiger partial charge on any atom is -0.486 e. The maximum atomic E-state index is 5.58. The predicted octanol–water partition coefficient (Wildman–Crippen LogP) is 1.13. The molecule has 0 fully saturated rings. The van der Waals surface area contributed by atoms with Crippen LogP contribution < -0.4 is 14.8 Å². The van der Waals surface area contributed by atoms with Crippen LogP contribution in [0.25, 0.3) is 0 Å². The van der Waals surface area contributed by atoms with Crippen LogP contribution in [0.3, 0.4) is 0 Å². The van der Waals surface area contributed by atoms with Crippen molar-refractivity contribution in [2.24, 2.45) is 0 Å². The van der Waals surface area contributed by atoms with Gasteiger partial charge in [0, 0.05) is 33.3 Å². The molecule has 1 aliphatic rings. The van der Waals surface area contributed by atoms with Gasteiger partial charge in [0.2, 0.25) is 0 Å². The van der Waals surface area contributed by atoms with E-state index in [1.807, 2.05) is 6.07 Å². The Morgan fingerprint density at radius 2 is 2.00 bits per heavy atom. The largest absolute Gasteiger partial charge is 0.486 e. The van der Waals surface area contributed by atoms with Crippen LogP contribution in [0.15, 0.2) is 18.2 Å². The first-order valence-electron chi connectivity index (χ1n) is 7.06. The zero-order valence-corrected chi connectivity index (χ0v) is 12.4. The molecule has 0 radical (unpaired) electrons. The molecule has 2 rings (SSSR count). The first kappa shape index (κ1) is 15.1. The maximum Gasteiger partial charge on any atom is 0.161 e. The second kappa shape index (κ2) is 8.09. The quantitative estimate of drug-likeness (QED) is 0.723. The highest BCUT2D eigenvalue weighted by atomic mass is 16.6. The lowest BCUT2D eigenvalue weighted by atomic mass is 10.2. The third kappa shape index (κ3) is 4.67. The van der Waals surface area contributed by atoms with Crippen LogP contribution in [-0.4, -0.2) is 58.5 Å². The van der Waals surface area contributed by atoms with Gasteiger partial charge in [0.1, 0.15) is 13.2 Å². The zero-order chi connectivity index (χ0) is 14.2. The fraction of sp³-hybridized carbons (Fsp3) is 0.600. The van der Waals surface area contributed by atoms with Gasteiger partial charge in [-0.25, -0.2) is 0 Å². The first-order valence-corrected chi connectivity index (χ1v) is 7.06. The molecular weight excluding hydrogens is 256 g/mol. The average molecular weight is 280 g/mol. The lowest BCUT2D eigenvalue weighted by Crippen LogP contribution is -2.31. The second-order valence-electron chi connectivity index (χ2n) is 4.95. The van der Waals surface area contributed by atoms with Crippen molar-refractivity contribution >= 4 is 0 Å². The standard InChI is InChI=1S/C15H24N2O3/c1-17(7-8-18-2)6-5-16-12-13-3-4-14-15(11-13)20-10-9-19-14/h3-4,11,16H,5-10,12H2,1-2H3. The molecule has 1 aliphatic heterocycles. The van der Waals surface area contributed by atoms with Gasteiger partial charge in [-0.3, -0.25) is 0 Å². The molecule has 20 heavy (non-hydrogen) atoms. The molecule has 112 valence electrons. The van der Waals surface area contributed by atoms with E-state index >= 15 is 0 Å². The van der Waals surface area contributed by atoms with Crippen LogP contribution in [0.4, 0.5) is 0 Å². The summed E-state index contributed by atoms with van der Waals surface area (Å²) in [5.41, 5.74) is 1.22. The van der Waals surface area contributed by atoms with Crippen LogP contribution in [0.2, 0.25) is 0 Å². The monoisotopic (exact) mass is 280 g/mol. The van der Waals surface area contributed by atoms with Crippen molar-refractivity contribution in [1.29, 1.82) is 0 Å². The number of nitrogens with zero attached hydrogens (tertiary/aromatic N) is 1. The number of fused-ring (bicyclic) bond motifs is 1. The lowest BCUT2D eigenvalue weighted by molar-refractivity contribution is 0.161. The summed E-state index contributed by atoms with van der Waals surface area (Å²) in [7, 11) is 3.83. The zero-order valence-electron chi connectivity index (χ0n) is 12.4. The smallest absolute Gasteiger partial charge is 0.161 e. The van der Waals surface area contributed by atoms with Crippen molar-refractivity contribution in [2.45, 2.75) is 6.54 Å². The van der Waals surface area contributed by atoms with Gasteiger partial charge in [-0.15, -0.1) is 0 Å². The van der Waals surface area contributed by atoms with E-state index in [1.54, 1.807) is 7.11 Å². The average Bonchev–Trinajstić information content (AvgIpc) is 2.49. The molecule has 1 aromatic carbocycles. The Labute approximate surface area is 120 Å². The Morgan fingerprint density at radius 1 is 1.20 bits per heavy atom. The number of likely N-dealkylation sites (N-methyl/N-ethyl adjacent to an activating group) is 1. The highest BCUT2D eigenvalue weighted by molar-refractivity contribution is 5.43. The summed E-state index contributed by atoms with van der Waals surface area (Å²) in [6.07, 6.45) is 0. The predicted molar refractivity (Wildman–Crippen MR) is 78.5 cm³/mol. The first-order chi connectivity index (χ1) is 9.79. The molecule has 5 nitrogen and oxygen atoms in total. The molecule has 1 N–H and O–H groups in total. The molecular formula is C15H24N2O3. The van der Waals surface area contributed by atoms with E-state index in [4.69, 9.17) is 14.2 Å². The number of hydrogen-bond donors (Lipinski definition) is 1. The molecule has 0 aliphatic carbocycles. The Kier molecular flexibility index (Phi) is 6.11. The lowest BCUT2D eigenvalue weighted by Gasteiger charge is -2.19. The van der Waals surface area contributed by atoms with Crippen molar-refractivity contribution in [3.63, 3.8) is 0 Å². The molecule has 0 saturated carbocycles. The number of nitrogens with one attached hydrogen (secondary N) is 1. The molecule has 1 aromatic rings. The topological polar surface area (TPSA) is 43.0 Å². The highest BCUT2D eigenvalue weighted by Gasteiger charge is 2.11. The number of rotatable bonds is 8. The Balaban J connectivity index is 1.69. The van der Waals surface area contributed by atoms with Gasteiger partial charge in [0.05, 0.1) is 6.61 Å². The van der Waals surface area contributed by atoms with Crippen LogP contribution in [0.1, 0.15) is 5.56 Å². The van der Waals surface area contributed by atoms with Crippen molar-refractivity contribution in [3.05, 3.63) is 23.8 Å². The summed E-state index contributed by atoms with van der Waals surface area (Å²) in [5.74, 6) is 1.70. The molecule has 0 unspecified atom stereocenters. The Hall–Kier alpha value is -1.30. The van der Waals surface area contributed by atoms with E-state index in [9.17, 15) is 0 Å². The summed E-state index contributed by atoms with van der Waals surface area (Å²) < 4.78 is 16.1. The minimum atomic E-state index is 0.633. The normalized spacial score (nSPS) is 13.8. The van der Waals surface area contributed by atoms with Crippen LogP contribution in [0.5, 0.6) is 11.5 Å². The van der Waals surface area contributed by atoms with Gasteiger partial charge in [-0.2, -0.15) is 0 Å². The summed E-state index contributed by atoms with van der Waals surface area (Å²) in [6.45, 7) is 5.81. The van der Waals surface area contributed by atoms with Gasteiger partial charge in [0.15, 0.2) is 11.5 Å². The van der Waals surface area contributed by atoms with Crippen molar-refractivity contribution < 1.29 is 14.2 Å². The van der Waals surface area contributed by atoms with Crippen LogP contribution in [-0.2, 0) is 11.3 Å². The summed E-state index contributed by atoms with van der Waals surface area (Å²) in [6, 6.07) is 6.11. The third-order valence-corrected chi connectivity index (χ3v) is 3.28. The van der Waals surface area contributed by atoms with Gasteiger partial charge in [0.25, 0.3) is 0 Å². The van der Waals surface area contributed by atoms with E-state index < -0.39 is 0 Å². The number of hydrogen-bond acceptors (Lipinski definition) is 5. The molecule has 0 spiro atoms. The van der Waals surface area contributed by atoms with Gasteiger partial charge < -0.3 is 24.4 Å². The van der Waals surface area contributed by atoms with E-state index in [0.717, 1.165) is 44.3 Å². The SMILES string of the molecule is COCCN(C)CCNCc1ccc2c(c1)OCCO2. The summed E-state index contributed by atoms with van der Waals surface area (Å²) >= 11 is 0. The van der Waals surface area contributed by atoms with Crippen LogP contribution >= 0.6 is 0 Å². The van der Waals surface area contributed by atoms with Gasteiger partial charge >= 0.3 is 0 Å². The van der Waals surface area contributed by atoms with Crippen molar-refractivity contribution in [2.75, 3.05) is 53.6 Å². The van der Waals surface area contributed by atoms with Crippen LogP contribution in [0, 0.1) is 0 Å². The Bertz CT molecular complexity index is 412. The molecule has 0 saturated heterocycles. The molecule has 0 bridgehead atoms. The van der Waals surface area contributed by atoms with Gasteiger partial charge in [-0.05, 0) is 24.7 Å². The van der Waals surface area contributed by atoms with E-state index in [0.29, 0.717) is 13.2 Å². The minimum absolute atomic E-state index is 0.633. The third-order valence-electron chi connectivity index (χ3n) is 3.28. The van der Waals surface area contributed by atoms with Crippen molar-refractivity contribution in [1.82, 2.24) is 10.2 Å². The molecule has 1 heterocycles. The number of benzene rings is 1. The van der Waals surface area contributed by atoms with E-state index in [-0.39, 0.29) is 0 Å². The number of ether oxygens (including phenoxy) is 3. The molecule has 0 atom stereocenters. The molecule has 0 amide bonds. The van der Waals surface area contributed by atoms with Crippen molar-refractivity contribution in [3.8, 4) is 11.5 Å². The van der Waals surface area contributed by atoms with E-state index in [2.05, 4.69) is 29.4 Å². The van der Waals surface area contributed by atoms with E-state index in [1.165, 1.54) is 5.56 Å². The van der Waals surface area contributed by atoms with Gasteiger partial charge in [-0.1, -0.05) is 6.07 Å². The maximum absolute atomic E-state index is 5.58. The highest BCUT2D eigenvalue weighted by Crippen LogP contribution is 2.30. The summed E-state index contributed by atoms with van der Waals surface area (Å²) in [5, 5.41) is 3.44. The Morgan fingerprint density at radius 3 is 2.80 bits per heavy atom. The fourth-order valence-electron chi connectivity index (χ4n) is 2.06. The number of methoxy groups -OCH3 is 1. The fourth-order valence-corrected chi connectivity index (χ4v) is 2.06. The molecule has 5 heteroatoms.